The highest BCUT2D eigenvalue weighted by atomic mass is 32.2. The van der Waals surface area contributed by atoms with Gasteiger partial charge in [0.1, 0.15) is 72.5 Å². The minimum absolute atomic E-state index is 0.0358. The Bertz CT molecular complexity index is 2610. The number of hydrogen-bond donors (Lipinski definition) is 21. The molecule has 520 valence electrons. The molecule has 0 fully saturated rings. The Morgan fingerprint density at radius 3 is 1.22 bits per heavy atom. The zero-order valence-corrected chi connectivity index (χ0v) is 54.7. The Morgan fingerprint density at radius 1 is 0.446 bits per heavy atom. The molecule has 0 heterocycles. The van der Waals surface area contributed by atoms with Crippen LogP contribution in [0.1, 0.15) is 106 Å². The number of nitrogens with one attached hydrogen (secondary N) is 13. The molecule has 39 heteroatoms. The maximum Gasteiger partial charge on any atom is 0.303 e. The summed E-state index contributed by atoms with van der Waals surface area (Å²) in [6.45, 7) is 6.51. The summed E-state index contributed by atoms with van der Waals surface area (Å²) in [7, 11) is 0. The van der Waals surface area contributed by atoms with E-state index in [-0.39, 0.29) is 55.4 Å². The van der Waals surface area contributed by atoms with E-state index in [2.05, 4.69) is 94.4 Å². The average molecular weight is 1370 g/mol. The number of aliphatic hydroxyl groups excluding tert-OH is 1. The molecule has 0 aliphatic rings. The van der Waals surface area contributed by atoms with Gasteiger partial charge in [0.05, 0.1) is 19.6 Å². The Labute approximate surface area is 545 Å². The van der Waals surface area contributed by atoms with Crippen LogP contribution in [-0.4, -0.2) is 232 Å². The number of unbranched alkanes of at least 4 members (excludes halogenated alkanes) is 1. The van der Waals surface area contributed by atoms with Gasteiger partial charge in [0.25, 0.3) is 0 Å². The van der Waals surface area contributed by atoms with Gasteiger partial charge < -0.3 is 102 Å². The number of thioether (sulfide) groups is 1. The van der Waals surface area contributed by atoms with Gasteiger partial charge in [-0.15, -0.1) is 0 Å². The molecule has 36 nitrogen and oxygen atoms in total. The van der Waals surface area contributed by atoms with E-state index >= 15 is 0 Å². The smallest absolute Gasteiger partial charge is 0.303 e. The lowest BCUT2D eigenvalue weighted by Crippen LogP contribution is -2.60. The number of carboxylic acids is 2. The van der Waals surface area contributed by atoms with Gasteiger partial charge in [0.2, 0.25) is 88.6 Å². The molecule has 0 aromatic heterocycles. The van der Waals surface area contributed by atoms with Gasteiger partial charge in [-0.2, -0.15) is 37.0 Å². The number of thiol groups is 2. The fraction of sp³-hybridized carbons (Fsp3) is 0.679. The first-order valence-corrected chi connectivity index (χ1v) is 31.6. The van der Waals surface area contributed by atoms with Crippen LogP contribution in [0.2, 0.25) is 0 Å². The lowest BCUT2D eigenvalue weighted by molar-refractivity contribution is -0.139. The largest absolute Gasteiger partial charge is 0.481 e. The number of carboxylic acid groups (broad SMARTS) is 2. The van der Waals surface area contributed by atoms with Crippen molar-refractivity contribution in [2.75, 3.05) is 43.2 Å². The number of hydrogen-bond acceptors (Lipinski definition) is 22. The minimum atomic E-state index is -1.86. The van der Waals surface area contributed by atoms with E-state index in [9.17, 15) is 96.8 Å². The van der Waals surface area contributed by atoms with Crippen molar-refractivity contribution in [1.29, 1.82) is 0 Å². The second-order valence-electron chi connectivity index (χ2n) is 21.4. The first-order chi connectivity index (χ1) is 43.0. The number of carbonyl (C=O) groups is 17. The Morgan fingerprint density at radius 2 is 0.815 bits per heavy atom. The quantitative estimate of drug-likeness (QED) is 0.0199. The number of primary amides is 2. The predicted octanol–water partition coefficient (Wildman–Crippen LogP) is -8.13. The molecule has 0 spiro atoms. The van der Waals surface area contributed by atoms with E-state index in [0.29, 0.717) is 6.42 Å². The van der Waals surface area contributed by atoms with Gasteiger partial charge in [0, 0.05) is 31.3 Å². The monoisotopic (exact) mass is 1370 g/mol. The summed E-state index contributed by atoms with van der Waals surface area (Å²) in [5, 5.41) is 59.1. The molecular weight excluding hydrogens is 1280 g/mol. The molecule has 0 radical (unpaired) electrons. The molecule has 0 unspecified atom stereocenters. The molecule has 0 bridgehead atoms. The summed E-state index contributed by atoms with van der Waals surface area (Å²) in [4.78, 5) is 218. The van der Waals surface area contributed by atoms with Crippen LogP contribution >= 0.6 is 37.0 Å². The van der Waals surface area contributed by atoms with Crippen molar-refractivity contribution in [2.24, 2.45) is 23.1 Å². The lowest BCUT2D eigenvalue weighted by atomic mass is 10.0. The van der Waals surface area contributed by atoms with Gasteiger partial charge >= 0.3 is 11.9 Å². The number of aliphatic hydroxyl groups is 1. The second kappa shape index (κ2) is 44.5. The van der Waals surface area contributed by atoms with Gasteiger partial charge in [0.15, 0.2) is 0 Å². The average Bonchev–Trinajstić information content (AvgIpc) is 3.04. The van der Waals surface area contributed by atoms with Gasteiger partial charge in [-0.05, 0) is 90.2 Å². The van der Waals surface area contributed by atoms with Crippen LogP contribution in [0.4, 0.5) is 0 Å². The van der Waals surface area contributed by atoms with Gasteiger partial charge in [-0.25, -0.2) is 0 Å². The molecule has 0 saturated heterocycles. The molecule has 0 aromatic carbocycles. The standard InChI is InChI=1S/C53H90N16O20S3/c1-24(2)18-33(42(56)78)67-49(85)31(12-14-41(76)77)66-53(89)37(23-91)62-39(73)20-57-43(79)25(3)58-48(84)32(15-17-92-7)63-44(80)26(4)60-47(83)30(11-13-40(74)75)65-51(87)35(21-70)69-45(81)27(5)59-46(82)29(10-8-9-16-54)64-50(86)34(19-38(55)72)68-52(88)36(22-90)61-28(6)71/h24-27,29-37,70,90-91H,8-23,54H2,1-7H3,(H2,55,72)(H2,56,78)(H,57,79)(H,58,84)(H,59,82)(H,60,83)(H,61,71)(H,62,73)(H,63,80)(H,64,86)(H,65,87)(H,66,89)(H,67,85)(H,68,88)(H,69,81)(H,74,75)(H,76,77)/t25-,26-,27-,29-,30-,31-,32-,33-,34-,35-,36-,37-/m0/s1. The zero-order chi connectivity index (χ0) is 70.5. The lowest BCUT2D eigenvalue weighted by Gasteiger charge is -2.26. The van der Waals surface area contributed by atoms with Crippen LogP contribution in [0.15, 0.2) is 0 Å². The van der Waals surface area contributed by atoms with E-state index in [4.69, 9.17) is 17.2 Å². The highest BCUT2D eigenvalue weighted by Gasteiger charge is 2.35. The molecule has 22 N–H and O–H groups in total. The first kappa shape index (κ1) is 84.0. The van der Waals surface area contributed by atoms with Crippen molar-refractivity contribution in [2.45, 2.75) is 178 Å². The molecule has 0 saturated carbocycles. The summed E-state index contributed by atoms with van der Waals surface area (Å²) >= 11 is 9.37. The maximum absolute atomic E-state index is 13.6. The molecule has 15 amide bonds. The molecule has 0 aromatic rings. The first-order valence-electron chi connectivity index (χ1n) is 29.0. The third kappa shape index (κ3) is 33.9. The predicted molar refractivity (Wildman–Crippen MR) is 336 cm³/mol. The maximum atomic E-state index is 13.6. The number of amides is 15. The normalized spacial score (nSPS) is 14.8. The summed E-state index contributed by atoms with van der Waals surface area (Å²) < 4.78 is 0. The number of nitrogens with two attached hydrogens (primary N) is 3. The summed E-state index contributed by atoms with van der Waals surface area (Å²) in [6, 6.07) is -17.7. The second-order valence-corrected chi connectivity index (χ2v) is 23.1. The fourth-order valence-corrected chi connectivity index (χ4v) is 8.94. The van der Waals surface area contributed by atoms with E-state index in [1.165, 1.54) is 25.6 Å². The van der Waals surface area contributed by atoms with E-state index in [0.717, 1.165) is 13.8 Å². The Balaban J connectivity index is 6.03. The van der Waals surface area contributed by atoms with Crippen LogP contribution < -0.4 is 86.3 Å². The van der Waals surface area contributed by atoms with Crippen molar-refractivity contribution < 1.29 is 96.8 Å². The van der Waals surface area contributed by atoms with Crippen molar-refractivity contribution >= 4 is 138 Å². The molecule has 0 aliphatic carbocycles. The summed E-state index contributed by atoms with van der Waals surface area (Å²) in [5.74, 6) is -17.6. The molecule has 0 rings (SSSR count). The molecular formula is C53H90N16O20S3. The molecule has 12 atom stereocenters. The number of aliphatic carboxylic acids is 2. The Hall–Kier alpha value is -8.04. The van der Waals surface area contributed by atoms with Crippen molar-refractivity contribution in [3.8, 4) is 0 Å². The SMILES string of the molecule is CSCC[C@H](NC(=O)[C@H](C)NC(=O)[C@H](CCC(=O)O)NC(=O)[C@H](CO)NC(=O)[C@H](C)NC(=O)[C@H](CCCCN)NC(=O)[C@H](CC(N)=O)NC(=O)[C@H](CS)NC(C)=O)C(=O)N[C@@H](C)C(=O)NCC(=O)N[C@@H](CS)C(=O)N[C@@H](CCC(=O)O)C(=O)N[C@@H](CC(C)C)C(N)=O. The minimum Gasteiger partial charge on any atom is -0.481 e. The van der Waals surface area contributed by atoms with E-state index in [1.54, 1.807) is 20.1 Å². The summed E-state index contributed by atoms with van der Waals surface area (Å²) in [6.07, 6.45) is -0.740. The fourth-order valence-electron chi connectivity index (χ4n) is 7.95. The highest BCUT2D eigenvalue weighted by molar-refractivity contribution is 7.98. The third-order valence-corrected chi connectivity index (χ3v) is 14.4. The van der Waals surface area contributed by atoms with Crippen molar-refractivity contribution in [1.82, 2.24) is 69.1 Å². The third-order valence-electron chi connectivity index (χ3n) is 13.0. The van der Waals surface area contributed by atoms with Gasteiger partial charge in [-0.3, -0.25) is 81.5 Å². The molecule has 0 aliphatic heterocycles. The topological polar surface area (TPSA) is 585 Å². The van der Waals surface area contributed by atoms with E-state index < -0.39 is 218 Å². The van der Waals surface area contributed by atoms with Crippen LogP contribution in [0.5, 0.6) is 0 Å². The zero-order valence-electron chi connectivity index (χ0n) is 52.1. The van der Waals surface area contributed by atoms with Crippen molar-refractivity contribution in [3.63, 3.8) is 0 Å². The summed E-state index contributed by atoms with van der Waals surface area (Å²) in [5.41, 5.74) is 16.3. The van der Waals surface area contributed by atoms with Crippen molar-refractivity contribution in [3.05, 3.63) is 0 Å². The van der Waals surface area contributed by atoms with Crippen LogP contribution in [0.3, 0.4) is 0 Å². The van der Waals surface area contributed by atoms with E-state index in [1.807, 2.05) is 0 Å². The highest BCUT2D eigenvalue weighted by Crippen LogP contribution is 2.10. The van der Waals surface area contributed by atoms with Crippen LogP contribution in [-0.2, 0) is 81.5 Å². The Kier molecular flexibility index (Phi) is 40.6. The van der Waals surface area contributed by atoms with Crippen LogP contribution in [0.25, 0.3) is 0 Å². The molecule has 92 heavy (non-hydrogen) atoms. The van der Waals surface area contributed by atoms with Gasteiger partial charge in [-0.1, -0.05) is 13.8 Å². The van der Waals surface area contributed by atoms with Crippen LogP contribution in [0, 0.1) is 5.92 Å². The number of rotatable bonds is 46. The number of carbonyl (C=O) groups excluding carboxylic acids is 15.